The molecule has 4 heteroatoms. The highest BCUT2D eigenvalue weighted by molar-refractivity contribution is 5.85. The molecular formula is C10H19NO3. The molecule has 1 aliphatic rings. The molecule has 0 spiro atoms. The second-order valence-corrected chi connectivity index (χ2v) is 4.05. The van der Waals surface area contributed by atoms with Gasteiger partial charge in [-0.05, 0) is 31.6 Å². The Morgan fingerprint density at radius 1 is 1.29 bits per heavy atom. The number of aliphatic hydroxyl groups is 2. The van der Waals surface area contributed by atoms with E-state index in [1.165, 1.54) is 0 Å². The minimum atomic E-state index is -0.353. The van der Waals surface area contributed by atoms with Gasteiger partial charge in [0.1, 0.15) is 0 Å². The van der Waals surface area contributed by atoms with Gasteiger partial charge in [-0.15, -0.1) is 0 Å². The number of oxime groups is 1. The van der Waals surface area contributed by atoms with Crippen LogP contribution < -0.4 is 0 Å². The predicted molar refractivity (Wildman–Crippen MR) is 53.5 cm³/mol. The zero-order valence-corrected chi connectivity index (χ0v) is 8.39. The maximum Gasteiger partial charge on any atom is 0.0599 e. The number of hydrogen-bond donors (Lipinski definition) is 3. The van der Waals surface area contributed by atoms with E-state index < -0.39 is 0 Å². The molecule has 1 fully saturated rings. The van der Waals surface area contributed by atoms with Gasteiger partial charge >= 0.3 is 0 Å². The van der Waals surface area contributed by atoms with Gasteiger partial charge in [-0.2, -0.15) is 0 Å². The van der Waals surface area contributed by atoms with Crippen LogP contribution in [0.25, 0.3) is 0 Å². The van der Waals surface area contributed by atoms with E-state index in [0.29, 0.717) is 18.1 Å². The SMILES string of the molecule is OCCCCC1CC(=NO)CC(O)C1. The zero-order valence-electron chi connectivity index (χ0n) is 8.39. The summed E-state index contributed by atoms with van der Waals surface area (Å²) in [5, 5.41) is 29.9. The second-order valence-electron chi connectivity index (χ2n) is 4.05. The number of hydrogen-bond acceptors (Lipinski definition) is 4. The lowest BCUT2D eigenvalue weighted by molar-refractivity contribution is 0.132. The van der Waals surface area contributed by atoms with E-state index in [1.54, 1.807) is 0 Å². The highest BCUT2D eigenvalue weighted by atomic mass is 16.4. The summed E-state index contributed by atoms with van der Waals surface area (Å²) in [5.74, 6) is 0.413. The number of aliphatic hydroxyl groups excluding tert-OH is 2. The van der Waals surface area contributed by atoms with Crippen molar-refractivity contribution in [3.05, 3.63) is 0 Å². The van der Waals surface area contributed by atoms with Crippen molar-refractivity contribution in [3.8, 4) is 0 Å². The third-order valence-corrected chi connectivity index (χ3v) is 2.76. The normalized spacial score (nSPS) is 30.9. The first-order valence-corrected chi connectivity index (χ1v) is 5.25. The fourth-order valence-corrected chi connectivity index (χ4v) is 2.09. The minimum Gasteiger partial charge on any atom is -0.411 e. The highest BCUT2D eigenvalue weighted by Gasteiger charge is 2.24. The van der Waals surface area contributed by atoms with Crippen molar-refractivity contribution in [2.45, 2.75) is 44.6 Å². The summed E-state index contributed by atoms with van der Waals surface area (Å²) >= 11 is 0. The van der Waals surface area contributed by atoms with Crippen LogP contribution in [0.1, 0.15) is 38.5 Å². The summed E-state index contributed by atoms with van der Waals surface area (Å²) in [5.41, 5.74) is 0.706. The Balaban J connectivity index is 2.30. The molecule has 0 aromatic carbocycles. The van der Waals surface area contributed by atoms with Crippen molar-refractivity contribution in [3.63, 3.8) is 0 Å². The fourth-order valence-electron chi connectivity index (χ4n) is 2.09. The number of nitrogens with zero attached hydrogens (tertiary/aromatic N) is 1. The smallest absolute Gasteiger partial charge is 0.0599 e. The first-order valence-electron chi connectivity index (χ1n) is 5.25. The first-order chi connectivity index (χ1) is 6.76. The Labute approximate surface area is 84.2 Å². The van der Waals surface area contributed by atoms with Crippen LogP contribution >= 0.6 is 0 Å². The van der Waals surface area contributed by atoms with Gasteiger partial charge in [-0.1, -0.05) is 11.6 Å². The predicted octanol–water partition coefficient (Wildman–Crippen LogP) is 1.14. The molecule has 2 unspecified atom stereocenters. The summed E-state index contributed by atoms with van der Waals surface area (Å²) in [6, 6.07) is 0. The van der Waals surface area contributed by atoms with Crippen LogP contribution in [0.2, 0.25) is 0 Å². The maximum atomic E-state index is 9.50. The molecule has 0 aromatic heterocycles. The minimum absolute atomic E-state index is 0.232. The van der Waals surface area contributed by atoms with E-state index in [2.05, 4.69) is 5.16 Å². The summed E-state index contributed by atoms with van der Waals surface area (Å²) in [4.78, 5) is 0. The standard InChI is InChI=1S/C10H19NO3/c12-4-2-1-3-8-5-9(11-14)7-10(13)6-8/h8,10,12-14H,1-7H2. The van der Waals surface area contributed by atoms with Gasteiger partial charge in [0.2, 0.25) is 0 Å². The molecular weight excluding hydrogens is 182 g/mol. The molecule has 0 aromatic rings. The molecule has 4 nitrogen and oxygen atoms in total. The van der Waals surface area contributed by atoms with E-state index in [1.807, 2.05) is 0 Å². The maximum absolute atomic E-state index is 9.50. The molecule has 0 saturated heterocycles. The summed E-state index contributed by atoms with van der Waals surface area (Å²) in [6.45, 7) is 0.232. The van der Waals surface area contributed by atoms with Gasteiger partial charge in [0, 0.05) is 13.0 Å². The second kappa shape index (κ2) is 5.98. The molecule has 0 radical (unpaired) electrons. The van der Waals surface area contributed by atoms with E-state index in [4.69, 9.17) is 10.3 Å². The lowest BCUT2D eigenvalue weighted by Crippen LogP contribution is -2.26. The highest BCUT2D eigenvalue weighted by Crippen LogP contribution is 2.26. The summed E-state index contributed by atoms with van der Waals surface area (Å²) in [6.07, 6.45) is 4.53. The fraction of sp³-hybridized carbons (Fsp3) is 0.900. The first kappa shape index (κ1) is 11.5. The van der Waals surface area contributed by atoms with Crippen molar-refractivity contribution >= 4 is 5.71 Å². The topological polar surface area (TPSA) is 73.1 Å². The van der Waals surface area contributed by atoms with Crippen LogP contribution in [0.5, 0.6) is 0 Å². The average Bonchev–Trinajstić information content (AvgIpc) is 2.17. The van der Waals surface area contributed by atoms with Crippen LogP contribution in [0.3, 0.4) is 0 Å². The van der Waals surface area contributed by atoms with Gasteiger partial charge in [0.15, 0.2) is 0 Å². The molecule has 82 valence electrons. The molecule has 14 heavy (non-hydrogen) atoms. The van der Waals surface area contributed by atoms with Crippen LogP contribution in [0.4, 0.5) is 0 Å². The van der Waals surface area contributed by atoms with Gasteiger partial charge in [0.25, 0.3) is 0 Å². The van der Waals surface area contributed by atoms with Crippen LogP contribution in [0.15, 0.2) is 5.16 Å². The molecule has 1 aliphatic carbocycles. The number of unbranched alkanes of at least 4 members (excludes halogenated alkanes) is 1. The Morgan fingerprint density at radius 2 is 2.07 bits per heavy atom. The molecule has 0 amide bonds. The van der Waals surface area contributed by atoms with Crippen molar-refractivity contribution in [2.75, 3.05) is 6.61 Å². The molecule has 0 heterocycles. The average molecular weight is 201 g/mol. The van der Waals surface area contributed by atoms with Gasteiger partial charge in [-0.25, -0.2) is 0 Å². The molecule has 2 atom stereocenters. The van der Waals surface area contributed by atoms with Crippen molar-refractivity contribution < 1.29 is 15.4 Å². The summed E-state index contributed by atoms with van der Waals surface area (Å²) in [7, 11) is 0. The van der Waals surface area contributed by atoms with Gasteiger partial charge in [-0.3, -0.25) is 0 Å². The lowest BCUT2D eigenvalue weighted by atomic mass is 9.83. The molecule has 0 bridgehead atoms. The lowest BCUT2D eigenvalue weighted by Gasteiger charge is -2.26. The number of rotatable bonds is 4. The Bertz CT molecular complexity index is 194. The van der Waals surface area contributed by atoms with Gasteiger partial charge < -0.3 is 15.4 Å². The third kappa shape index (κ3) is 3.64. The van der Waals surface area contributed by atoms with E-state index in [9.17, 15) is 5.11 Å². The Morgan fingerprint density at radius 3 is 2.71 bits per heavy atom. The quantitative estimate of drug-likeness (QED) is 0.363. The molecule has 1 rings (SSSR count). The third-order valence-electron chi connectivity index (χ3n) is 2.76. The summed E-state index contributed by atoms with van der Waals surface area (Å²) < 4.78 is 0. The van der Waals surface area contributed by atoms with E-state index in [0.717, 1.165) is 32.1 Å². The van der Waals surface area contributed by atoms with Crippen LogP contribution in [0, 0.1) is 5.92 Å². The largest absolute Gasteiger partial charge is 0.411 e. The van der Waals surface area contributed by atoms with Crippen molar-refractivity contribution in [1.29, 1.82) is 0 Å². The molecule has 0 aliphatic heterocycles. The Hall–Kier alpha value is -0.610. The van der Waals surface area contributed by atoms with Crippen LogP contribution in [-0.2, 0) is 0 Å². The van der Waals surface area contributed by atoms with Crippen molar-refractivity contribution in [1.82, 2.24) is 0 Å². The Kier molecular flexibility index (Phi) is 4.90. The van der Waals surface area contributed by atoms with Crippen molar-refractivity contribution in [2.24, 2.45) is 11.1 Å². The van der Waals surface area contributed by atoms with E-state index in [-0.39, 0.29) is 12.7 Å². The zero-order chi connectivity index (χ0) is 10.4. The van der Waals surface area contributed by atoms with Gasteiger partial charge in [0.05, 0.1) is 11.8 Å². The monoisotopic (exact) mass is 201 g/mol. The molecule has 1 saturated carbocycles. The molecule has 3 N–H and O–H groups in total. The van der Waals surface area contributed by atoms with E-state index >= 15 is 0 Å². The van der Waals surface area contributed by atoms with Crippen LogP contribution in [-0.4, -0.2) is 33.8 Å².